The molecule has 0 aliphatic carbocycles. The SMILES string of the molecule is CC(C)(CNc1nc(-c2ccc(CC(N)=O)nc2)ns1)c1ccc(F)cc1. The molecular formula is C19H20FN5OS. The van der Waals surface area contributed by atoms with E-state index in [1.807, 2.05) is 6.07 Å². The van der Waals surface area contributed by atoms with Crippen molar-refractivity contribution in [2.24, 2.45) is 5.73 Å². The molecule has 2 heterocycles. The molecule has 0 radical (unpaired) electrons. The minimum Gasteiger partial charge on any atom is -0.369 e. The number of primary amides is 1. The number of anilines is 1. The Kier molecular flexibility index (Phi) is 5.46. The Morgan fingerprint density at radius 3 is 2.59 bits per heavy atom. The molecule has 140 valence electrons. The van der Waals surface area contributed by atoms with Crippen LogP contribution in [-0.2, 0) is 16.6 Å². The molecule has 0 aliphatic rings. The molecule has 3 N–H and O–H groups in total. The number of aromatic nitrogens is 3. The van der Waals surface area contributed by atoms with Gasteiger partial charge in [-0.1, -0.05) is 26.0 Å². The van der Waals surface area contributed by atoms with E-state index < -0.39 is 5.91 Å². The summed E-state index contributed by atoms with van der Waals surface area (Å²) >= 11 is 1.26. The second-order valence-electron chi connectivity index (χ2n) is 6.85. The number of nitrogens with one attached hydrogen (secondary N) is 1. The average Bonchev–Trinajstić information content (AvgIpc) is 3.10. The molecule has 1 aromatic carbocycles. The van der Waals surface area contributed by atoms with Crippen LogP contribution >= 0.6 is 11.5 Å². The predicted molar refractivity (Wildman–Crippen MR) is 104 cm³/mol. The zero-order valence-corrected chi connectivity index (χ0v) is 15.9. The van der Waals surface area contributed by atoms with Crippen LogP contribution in [0.1, 0.15) is 25.1 Å². The third kappa shape index (κ3) is 4.85. The fraction of sp³-hybridized carbons (Fsp3) is 0.263. The lowest BCUT2D eigenvalue weighted by Crippen LogP contribution is -2.27. The van der Waals surface area contributed by atoms with Gasteiger partial charge in [-0.05, 0) is 29.8 Å². The molecule has 0 spiro atoms. The molecule has 6 nitrogen and oxygen atoms in total. The summed E-state index contributed by atoms with van der Waals surface area (Å²) in [4.78, 5) is 19.6. The number of nitrogens with zero attached hydrogens (tertiary/aromatic N) is 3. The maximum Gasteiger partial charge on any atom is 0.223 e. The van der Waals surface area contributed by atoms with Crippen molar-refractivity contribution in [3.05, 3.63) is 59.7 Å². The van der Waals surface area contributed by atoms with E-state index in [1.165, 1.54) is 23.7 Å². The molecule has 0 aliphatic heterocycles. The molecule has 0 unspecified atom stereocenters. The Bertz CT molecular complexity index is 922. The smallest absolute Gasteiger partial charge is 0.223 e. The van der Waals surface area contributed by atoms with Gasteiger partial charge in [-0.3, -0.25) is 9.78 Å². The zero-order valence-electron chi connectivity index (χ0n) is 15.1. The molecule has 3 rings (SSSR count). The molecule has 3 aromatic rings. The number of rotatable bonds is 7. The number of hydrogen-bond donors (Lipinski definition) is 2. The Balaban J connectivity index is 1.65. The lowest BCUT2D eigenvalue weighted by atomic mass is 9.85. The van der Waals surface area contributed by atoms with E-state index in [1.54, 1.807) is 24.4 Å². The van der Waals surface area contributed by atoms with Crippen molar-refractivity contribution in [1.29, 1.82) is 0 Å². The first-order valence-corrected chi connectivity index (χ1v) is 9.18. The van der Waals surface area contributed by atoms with Crippen molar-refractivity contribution in [3.63, 3.8) is 0 Å². The van der Waals surface area contributed by atoms with Crippen LogP contribution in [0.25, 0.3) is 11.4 Å². The molecule has 1 amide bonds. The Hall–Kier alpha value is -2.87. The van der Waals surface area contributed by atoms with Crippen LogP contribution in [0.4, 0.5) is 9.52 Å². The minimum atomic E-state index is -0.419. The van der Waals surface area contributed by atoms with Crippen molar-refractivity contribution in [1.82, 2.24) is 14.3 Å². The number of carbonyl (C=O) groups excluding carboxylic acids is 1. The first-order valence-electron chi connectivity index (χ1n) is 8.41. The molecule has 0 saturated heterocycles. The summed E-state index contributed by atoms with van der Waals surface area (Å²) in [5.74, 6) is -0.0933. The van der Waals surface area contributed by atoms with Crippen LogP contribution in [0.2, 0.25) is 0 Å². The van der Waals surface area contributed by atoms with Crippen molar-refractivity contribution in [2.75, 3.05) is 11.9 Å². The fourth-order valence-corrected chi connectivity index (χ4v) is 3.14. The van der Waals surface area contributed by atoms with E-state index in [0.29, 0.717) is 23.2 Å². The van der Waals surface area contributed by atoms with E-state index in [4.69, 9.17) is 5.73 Å². The van der Waals surface area contributed by atoms with Crippen LogP contribution < -0.4 is 11.1 Å². The summed E-state index contributed by atoms with van der Waals surface area (Å²) in [5.41, 5.74) is 7.39. The summed E-state index contributed by atoms with van der Waals surface area (Å²) in [6, 6.07) is 10.1. The van der Waals surface area contributed by atoms with Gasteiger partial charge < -0.3 is 11.1 Å². The fourth-order valence-electron chi connectivity index (χ4n) is 2.55. The number of hydrogen-bond acceptors (Lipinski definition) is 6. The van der Waals surface area contributed by atoms with Gasteiger partial charge in [-0.15, -0.1) is 0 Å². The topological polar surface area (TPSA) is 93.8 Å². The molecule has 27 heavy (non-hydrogen) atoms. The van der Waals surface area contributed by atoms with Gasteiger partial charge in [0.1, 0.15) is 5.82 Å². The Morgan fingerprint density at radius 2 is 1.96 bits per heavy atom. The number of pyridine rings is 1. The third-order valence-corrected chi connectivity index (χ3v) is 4.84. The minimum absolute atomic E-state index is 0.107. The summed E-state index contributed by atoms with van der Waals surface area (Å²) in [6.07, 6.45) is 1.74. The zero-order chi connectivity index (χ0) is 19.4. The molecule has 0 saturated carbocycles. The number of halogens is 1. The molecule has 0 fully saturated rings. The van der Waals surface area contributed by atoms with E-state index in [-0.39, 0.29) is 17.7 Å². The molecule has 0 bridgehead atoms. The first kappa shape index (κ1) is 18.9. The average molecular weight is 385 g/mol. The third-order valence-electron chi connectivity index (χ3n) is 4.17. The standard InChI is InChI=1S/C19H20FN5OS/c1-19(2,13-4-6-14(20)7-5-13)11-23-18-24-17(25-27-18)12-3-8-15(22-10-12)9-16(21)26/h3-8,10H,9,11H2,1-2H3,(H2,21,26)(H,23,24,25). The van der Waals surface area contributed by atoms with Gasteiger partial charge in [0.25, 0.3) is 0 Å². The summed E-state index contributed by atoms with van der Waals surface area (Å²) in [7, 11) is 0. The van der Waals surface area contributed by atoms with Gasteiger partial charge in [0.15, 0.2) is 5.82 Å². The predicted octanol–water partition coefficient (Wildman–Crippen LogP) is 3.16. The quantitative estimate of drug-likeness (QED) is 0.652. The van der Waals surface area contributed by atoms with Crippen molar-refractivity contribution >= 4 is 22.6 Å². The number of nitrogens with two attached hydrogens (primary N) is 1. The van der Waals surface area contributed by atoms with Gasteiger partial charge in [-0.25, -0.2) is 4.39 Å². The van der Waals surface area contributed by atoms with Crippen molar-refractivity contribution < 1.29 is 9.18 Å². The number of amides is 1. The van der Waals surface area contributed by atoms with Crippen LogP contribution in [0, 0.1) is 5.82 Å². The highest BCUT2D eigenvalue weighted by Gasteiger charge is 2.21. The van der Waals surface area contributed by atoms with Gasteiger partial charge in [0.05, 0.1) is 6.42 Å². The largest absolute Gasteiger partial charge is 0.369 e. The maximum absolute atomic E-state index is 13.1. The maximum atomic E-state index is 13.1. The van der Waals surface area contributed by atoms with E-state index in [9.17, 15) is 9.18 Å². The second-order valence-corrected chi connectivity index (χ2v) is 7.60. The van der Waals surface area contributed by atoms with Gasteiger partial charge >= 0.3 is 0 Å². The summed E-state index contributed by atoms with van der Waals surface area (Å²) < 4.78 is 17.5. The van der Waals surface area contributed by atoms with E-state index in [2.05, 4.69) is 33.5 Å². The highest BCUT2D eigenvalue weighted by atomic mass is 32.1. The summed E-state index contributed by atoms with van der Waals surface area (Å²) in [6.45, 7) is 4.79. The Labute approximate surface area is 160 Å². The highest BCUT2D eigenvalue weighted by Crippen LogP contribution is 2.26. The lowest BCUT2D eigenvalue weighted by molar-refractivity contribution is -0.117. The molecule has 2 aromatic heterocycles. The first-order chi connectivity index (χ1) is 12.8. The number of benzene rings is 1. The monoisotopic (exact) mass is 385 g/mol. The summed E-state index contributed by atoms with van der Waals surface area (Å²) in [5, 5.41) is 3.99. The molecule has 8 heteroatoms. The molecule has 0 atom stereocenters. The molecular weight excluding hydrogens is 365 g/mol. The van der Waals surface area contributed by atoms with Crippen molar-refractivity contribution in [2.45, 2.75) is 25.7 Å². The normalized spacial score (nSPS) is 11.4. The van der Waals surface area contributed by atoms with Crippen LogP contribution in [0.15, 0.2) is 42.6 Å². The van der Waals surface area contributed by atoms with Crippen molar-refractivity contribution in [3.8, 4) is 11.4 Å². The van der Waals surface area contributed by atoms with Gasteiger partial charge in [-0.2, -0.15) is 9.36 Å². The highest BCUT2D eigenvalue weighted by molar-refractivity contribution is 7.09. The Morgan fingerprint density at radius 1 is 1.22 bits per heavy atom. The van der Waals surface area contributed by atoms with E-state index in [0.717, 1.165) is 11.1 Å². The van der Waals surface area contributed by atoms with Crippen LogP contribution in [0.5, 0.6) is 0 Å². The van der Waals surface area contributed by atoms with Gasteiger partial charge in [0, 0.05) is 40.9 Å². The van der Waals surface area contributed by atoms with Gasteiger partial charge in [0.2, 0.25) is 11.0 Å². The lowest BCUT2D eigenvalue weighted by Gasteiger charge is -2.25. The van der Waals surface area contributed by atoms with Crippen LogP contribution in [0.3, 0.4) is 0 Å². The second kappa shape index (κ2) is 7.79. The van der Waals surface area contributed by atoms with E-state index >= 15 is 0 Å². The number of carbonyl (C=O) groups is 1. The van der Waals surface area contributed by atoms with Crippen LogP contribution in [-0.4, -0.2) is 26.8 Å².